The maximum Gasteiger partial charge on any atom is 0.263 e. The van der Waals surface area contributed by atoms with Gasteiger partial charge in [0.15, 0.2) is 0 Å². The number of nitrogens with zero attached hydrogens (tertiary/aromatic N) is 1. The van der Waals surface area contributed by atoms with Crippen LogP contribution in [0.25, 0.3) is 0 Å². The molecule has 0 saturated carbocycles. The van der Waals surface area contributed by atoms with E-state index < -0.39 is 0 Å². The molecule has 1 fully saturated rings. The Balaban J connectivity index is 2.04. The standard InChI is InChI=1S/C12H18N2OS/c1-9-4-5-11(16-9)12(15)14-6-2-3-10(7-13)8-14/h4-5,10H,2-3,6-8,13H2,1H3. The maximum atomic E-state index is 12.2. The quantitative estimate of drug-likeness (QED) is 0.855. The highest BCUT2D eigenvalue weighted by Gasteiger charge is 2.24. The summed E-state index contributed by atoms with van der Waals surface area (Å²) < 4.78 is 0. The van der Waals surface area contributed by atoms with Crippen molar-refractivity contribution in [1.82, 2.24) is 4.90 Å². The van der Waals surface area contributed by atoms with Gasteiger partial charge in [0, 0.05) is 18.0 Å². The van der Waals surface area contributed by atoms with Crippen molar-refractivity contribution in [2.75, 3.05) is 19.6 Å². The maximum absolute atomic E-state index is 12.2. The Bertz CT molecular complexity index is 375. The molecule has 2 N–H and O–H groups in total. The lowest BCUT2D eigenvalue weighted by molar-refractivity contribution is 0.0683. The van der Waals surface area contributed by atoms with E-state index in [0.717, 1.165) is 30.8 Å². The molecular formula is C12H18N2OS. The fourth-order valence-corrected chi connectivity index (χ4v) is 2.98. The van der Waals surface area contributed by atoms with Crippen LogP contribution in [0.4, 0.5) is 0 Å². The van der Waals surface area contributed by atoms with E-state index >= 15 is 0 Å². The first kappa shape index (κ1) is 11.6. The predicted molar refractivity (Wildman–Crippen MR) is 66.7 cm³/mol. The molecule has 1 aliphatic rings. The second-order valence-electron chi connectivity index (χ2n) is 4.41. The zero-order valence-electron chi connectivity index (χ0n) is 9.61. The van der Waals surface area contributed by atoms with Gasteiger partial charge < -0.3 is 10.6 Å². The van der Waals surface area contributed by atoms with Crippen molar-refractivity contribution in [3.05, 3.63) is 21.9 Å². The van der Waals surface area contributed by atoms with Crippen LogP contribution in [0.3, 0.4) is 0 Å². The average molecular weight is 238 g/mol. The van der Waals surface area contributed by atoms with E-state index in [0.29, 0.717) is 12.5 Å². The number of carbonyl (C=O) groups is 1. The van der Waals surface area contributed by atoms with E-state index in [1.165, 1.54) is 4.88 Å². The lowest BCUT2D eigenvalue weighted by Crippen LogP contribution is -2.41. The van der Waals surface area contributed by atoms with Gasteiger partial charge in [-0.3, -0.25) is 4.79 Å². The van der Waals surface area contributed by atoms with E-state index in [9.17, 15) is 4.79 Å². The van der Waals surface area contributed by atoms with Crippen LogP contribution in [0, 0.1) is 12.8 Å². The highest BCUT2D eigenvalue weighted by atomic mass is 32.1. The van der Waals surface area contributed by atoms with Gasteiger partial charge in [0.2, 0.25) is 0 Å². The largest absolute Gasteiger partial charge is 0.338 e. The molecule has 3 nitrogen and oxygen atoms in total. The number of aryl methyl sites for hydroxylation is 1. The lowest BCUT2D eigenvalue weighted by atomic mass is 9.98. The molecule has 1 amide bonds. The normalized spacial score (nSPS) is 21.1. The number of piperidine rings is 1. The Labute approximate surface area is 100 Å². The van der Waals surface area contributed by atoms with E-state index in [1.807, 2.05) is 24.0 Å². The van der Waals surface area contributed by atoms with Gasteiger partial charge in [-0.05, 0) is 44.4 Å². The van der Waals surface area contributed by atoms with Crippen molar-refractivity contribution in [3.8, 4) is 0 Å². The molecule has 1 saturated heterocycles. The summed E-state index contributed by atoms with van der Waals surface area (Å²) in [4.78, 5) is 16.2. The Kier molecular flexibility index (Phi) is 3.61. The van der Waals surface area contributed by atoms with Crippen LogP contribution in [0.5, 0.6) is 0 Å². The predicted octanol–water partition coefficient (Wildman–Crippen LogP) is 1.87. The van der Waals surface area contributed by atoms with Crippen molar-refractivity contribution in [2.45, 2.75) is 19.8 Å². The highest BCUT2D eigenvalue weighted by molar-refractivity contribution is 7.13. The van der Waals surface area contributed by atoms with Gasteiger partial charge in [-0.25, -0.2) is 0 Å². The van der Waals surface area contributed by atoms with Crippen molar-refractivity contribution in [3.63, 3.8) is 0 Å². The van der Waals surface area contributed by atoms with Crippen LogP contribution < -0.4 is 5.73 Å². The van der Waals surface area contributed by atoms with Gasteiger partial charge in [0.05, 0.1) is 4.88 Å². The molecule has 2 rings (SSSR count). The summed E-state index contributed by atoms with van der Waals surface area (Å²) in [6.07, 6.45) is 2.24. The van der Waals surface area contributed by atoms with Crippen molar-refractivity contribution >= 4 is 17.2 Å². The number of amides is 1. The Morgan fingerprint density at radius 2 is 2.44 bits per heavy atom. The molecule has 0 radical (unpaired) electrons. The van der Waals surface area contributed by atoms with Crippen LogP contribution in [0.1, 0.15) is 27.4 Å². The molecule has 1 aromatic rings. The number of rotatable bonds is 2. The topological polar surface area (TPSA) is 46.3 Å². The van der Waals surface area contributed by atoms with Crippen LogP contribution in [-0.4, -0.2) is 30.4 Å². The molecule has 4 heteroatoms. The van der Waals surface area contributed by atoms with Crippen molar-refractivity contribution in [2.24, 2.45) is 11.7 Å². The van der Waals surface area contributed by atoms with Gasteiger partial charge in [-0.15, -0.1) is 11.3 Å². The smallest absolute Gasteiger partial charge is 0.263 e. The minimum Gasteiger partial charge on any atom is -0.338 e. The molecule has 0 bridgehead atoms. The van der Waals surface area contributed by atoms with E-state index in [2.05, 4.69) is 0 Å². The molecule has 1 aromatic heterocycles. The van der Waals surface area contributed by atoms with E-state index in [4.69, 9.17) is 5.73 Å². The second kappa shape index (κ2) is 4.97. The zero-order valence-corrected chi connectivity index (χ0v) is 10.4. The van der Waals surface area contributed by atoms with Crippen LogP contribution >= 0.6 is 11.3 Å². The van der Waals surface area contributed by atoms with Gasteiger partial charge in [0.25, 0.3) is 5.91 Å². The molecule has 1 aliphatic heterocycles. The molecule has 1 atom stereocenters. The lowest BCUT2D eigenvalue weighted by Gasteiger charge is -2.31. The monoisotopic (exact) mass is 238 g/mol. The first-order chi connectivity index (χ1) is 7.70. The SMILES string of the molecule is Cc1ccc(C(=O)N2CCCC(CN)C2)s1. The molecule has 0 spiro atoms. The van der Waals surface area contributed by atoms with E-state index in [-0.39, 0.29) is 5.91 Å². The number of nitrogens with two attached hydrogens (primary N) is 1. The zero-order chi connectivity index (χ0) is 11.5. The third-order valence-corrected chi connectivity index (χ3v) is 4.08. The minimum atomic E-state index is 0.177. The minimum absolute atomic E-state index is 0.177. The molecule has 88 valence electrons. The summed E-state index contributed by atoms with van der Waals surface area (Å²) in [5.41, 5.74) is 5.67. The molecule has 0 aromatic carbocycles. The number of carbonyl (C=O) groups excluding carboxylic acids is 1. The second-order valence-corrected chi connectivity index (χ2v) is 5.69. The highest BCUT2D eigenvalue weighted by Crippen LogP contribution is 2.21. The number of hydrogen-bond donors (Lipinski definition) is 1. The summed E-state index contributed by atoms with van der Waals surface area (Å²) in [7, 11) is 0. The average Bonchev–Trinajstić information content (AvgIpc) is 2.75. The van der Waals surface area contributed by atoms with Crippen molar-refractivity contribution in [1.29, 1.82) is 0 Å². The van der Waals surface area contributed by atoms with Gasteiger partial charge >= 0.3 is 0 Å². The Morgan fingerprint density at radius 3 is 3.06 bits per heavy atom. The summed E-state index contributed by atoms with van der Waals surface area (Å²) in [6, 6.07) is 3.93. The molecule has 1 unspecified atom stereocenters. The van der Waals surface area contributed by atoms with Crippen LogP contribution in [-0.2, 0) is 0 Å². The van der Waals surface area contributed by atoms with Crippen LogP contribution in [0.2, 0.25) is 0 Å². The molecule has 16 heavy (non-hydrogen) atoms. The fourth-order valence-electron chi connectivity index (χ4n) is 2.15. The van der Waals surface area contributed by atoms with Crippen LogP contribution in [0.15, 0.2) is 12.1 Å². The summed E-state index contributed by atoms with van der Waals surface area (Å²) in [6.45, 7) is 4.42. The van der Waals surface area contributed by atoms with Gasteiger partial charge in [-0.2, -0.15) is 0 Å². The molecular weight excluding hydrogens is 220 g/mol. The van der Waals surface area contributed by atoms with E-state index in [1.54, 1.807) is 11.3 Å². The fraction of sp³-hybridized carbons (Fsp3) is 0.583. The number of likely N-dealkylation sites (tertiary alicyclic amines) is 1. The summed E-state index contributed by atoms with van der Waals surface area (Å²) >= 11 is 1.58. The first-order valence-electron chi connectivity index (χ1n) is 5.76. The summed E-state index contributed by atoms with van der Waals surface area (Å²) in [5.74, 6) is 0.662. The molecule has 0 aliphatic carbocycles. The van der Waals surface area contributed by atoms with Gasteiger partial charge in [0.1, 0.15) is 0 Å². The first-order valence-corrected chi connectivity index (χ1v) is 6.58. The Hall–Kier alpha value is -0.870. The molecule has 2 heterocycles. The number of thiophene rings is 1. The third-order valence-electron chi connectivity index (χ3n) is 3.09. The number of hydrogen-bond acceptors (Lipinski definition) is 3. The third kappa shape index (κ3) is 2.44. The summed E-state index contributed by atoms with van der Waals surface area (Å²) in [5, 5.41) is 0. The Morgan fingerprint density at radius 1 is 1.62 bits per heavy atom. The van der Waals surface area contributed by atoms with Gasteiger partial charge in [-0.1, -0.05) is 0 Å². The van der Waals surface area contributed by atoms with Crippen molar-refractivity contribution < 1.29 is 4.79 Å².